The van der Waals surface area contributed by atoms with Crippen molar-refractivity contribution < 1.29 is 0 Å². The van der Waals surface area contributed by atoms with Gasteiger partial charge in [0.05, 0.1) is 11.4 Å². The Kier molecular flexibility index (Phi) is 3.20. The summed E-state index contributed by atoms with van der Waals surface area (Å²) in [5.74, 6) is 0. The summed E-state index contributed by atoms with van der Waals surface area (Å²) in [5, 5.41) is 0. The van der Waals surface area contributed by atoms with E-state index in [0.29, 0.717) is 0 Å². The normalized spacial score (nSPS) is 18.5. The highest BCUT2D eigenvalue weighted by Crippen LogP contribution is 2.22. The fourth-order valence-electron chi connectivity index (χ4n) is 3.34. The van der Waals surface area contributed by atoms with E-state index >= 15 is 0 Å². The van der Waals surface area contributed by atoms with E-state index in [-0.39, 0.29) is 0 Å². The molecule has 2 aliphatic rings. The minimum atomic E-state index is 0.936. The van der Waals surface area contributed by atoms with Gasteiger partial charge in [-0.3, -0.25) is 19.8 Å². The number of nitrogens with zero attached hydrogens (tertiary/aromatic N) is 4. The number of fused-ring (bicyclic) bond motifs is 2. The lowest BCUT2D eigenvalue weighted by Gasteiger charge is -2.27. The quantitative estimate of drug-likeness (QED) is 0.842. The molecule has 21 heavy (non-hydrogen) atoms. The standard InChI is InChI=1S/C17H20N4/c1-20-9-14-4-5-15(19-17(14)12-20)11-21-8-6-16-13(10-21)3-2-7-18-16/h2-5,7H,6,8-12H2,1H3. The van der Waals surface area contributed by atoms with Gasteiger partial charge in [0, 0.05) is 51.0 Å². The van der Waals surface area contributed by atoms with E-state index in [1.807, 2.05) is 12.3 Å². The van der Waals surface area contributed by atoms with Crippen LogP contribution in [0.1, 0.15) is 28.2 Å². The average molecular weight is 280 g/mol. The second kappa shape index (κ2) is 5.20. The fourth-order valence-corrected chi connectivity index (χ4v) is 3.34. The van der Waals surface area contributed by atoms with Crippen LogP contribution >= 0.6 is 0 Å². The number of hydrogen-bond donors (Lipinski definition) is 0. The molecule has 0 amide bonds. The van der Waals surface area contributed by atoms with Crippen LogP contribution in [0, 0.1) is 0 Å². The third-order valence-corrected chi connectivity index (χ3v) is 4.41. The van der Waals surface area contributed by atoms with Gasteiger partial charge in [0.1, 0.15) is 0 Å². The van der Waals surface area contributed by atoms with Gasteiger partial charge in [-0.15, -0.1) is 0 Å². The molecule has 0 spiro atoms. The molecule has 0 aliphatic carbocycles. The molecule has 2 aromatic heterocycles. The molecule has 4 nitrogen and oxygen atoms in total. The molecule has 0 saturated heterocycles. The van der Waals surface area contributed by atoms with Crippen LogP contribution in [0.3, 0.4) is 0 Å². The van der Waals surface area contributed by atoms with Crippen LogP contribution in [0.25, 0.3) is 0 Å². The Morgan fingerprint density at radius 3 is 2.90 bits per heavy atom. The molecular weight excluding hydrogens is 260 g/mol. The van der Waals surface area contributed by atoms with Gasteiger partial charge in [-0.05, 0) is 30.3 Å². The van der Waals surface area contributed by atoms with E-state index in [1.165, 1.54) is 28.2 Å². The van der Waals surface area contributed by atoms with E-state index in [9.17, 15) is 0 Å². The van der Waals surface area contributed by atoms with Gasteiger partial charge in [0.2, 0.25) is 0 Å². The Morgan fingerprint density at radius 1 is 1.05 bits per heavy atom. The highest BCUT2D eigenvalue weighted by Gasteiger charge is 2.20. The van der Waals surface area contributed by atoms with E-state index in [0.717, 1.165) is 39.1 Å². The third-order valence-electron chi connectivity index (χ3n) is 4.41. The number of hydrogen-bond acceptors (Lipinski definition) is 4. The van der Waals surface area contributed by atoms with Crippen molar-refractivity contribution in [1.82, 2.24) is 19.8 Å². The predicted molar refractivity (Wildman–Crippen MR) is 81.5 cm³/mol. The zero-order valence-electron chi connectivity index (χ0n) is 12.4. The minimum absolute atomic E-state index is 0.936. The van der Waals surface area contributed by atoms with Gasteiger partial charge in [-0.25, -0.2) is 0 Å². The topological polar surface area (TPSA) is 32.3 Å². The average Bonchev–Trinajstić information content (AvgIpc) is 2.86. The summed E-state index contributed by atoms with van der Waals surface area (Å²) in [6, 6.07) is 8.67. The summed E-state index contributed by atoms with van der Waals surface area (Å²) in [7, 11) is 2.15. The minimum Gasteiger partial charge on any atom is -0.296 e. The van der Waals surface area contributed by atoms with Crippen molar-refractivity contribution in [2.45, 2.75) is 32.6 Å². The molecule has 4 heteroatoms. The summed E-state index contributed by atoms with van der Waals surface area (Å²) < 4.78 is 0. The molecule has 108 valence electrons. The highest BCUT2D eigenvalue weighted by molar-refractivity contribution is 5.27. The zero-order valence-corrected chi connectivity index (χ0v) is 12.4. The maximum absolute atomic E-state index is 4.85. The summed E-state index contributed by atoms with van der Waals surface area (Å²) in [5.41, 5.74) is 6.46. The smallest absolute Gasteiger partial charge is 0.0592 e. The molecule has 4 heterocycles. The van der Waals surface area contributed by atoms with Gasteiger partial charge < -0.3 is 0 Å². The second-order valence-electron chi connectivity index (χ2n) is 6.15. The Bertz CT molecular complexity index is 668. The van der Waals surface area contributed by atoms with Crippen LogP contribution in [0.5, 0.6) is 0 Å². The van der Waals surface area contributed by atoms with Crippen molar-refractivity contribution in [3.63, 3.8) is 0 Å². The summed E-state index contributed by atoms with van der Waals surface area (Å²) in [6.45, 7) is 5.01. The highest BCUT2D eigenvalue weighted by atomic mass is 15.1. The third kappa shape index (κ3) is 2.57. The Balaban J connectivity index is 1.49. The largest absolute Gasteiger partial charge is 0.296 e. The first-order valence-electron chi connectivity index (χ1n) is 7.59. The van der Waals surface area contributed by atoms with E-state index in [1.54, 1.807) is 0 Å². The van der Waals surface area contributed by atoms with Gasteiger partial charge >= 0.3 is 0 Å². The molecule has 0 bridgehead atoms. The van der Waals surface area contributed by atoms with Crippen LogP contribution in [0.4, 0.5) is 0 Å². The van der Waals surface area contributed by atoms with Gasteiger partial charge in [-0.2, -0.15) is 0 Å². The van der Waals surface area contributed by atoms with Crippen LogP contribution in [0.15, 0.2) is 30.5 Å². The van der Waals surface area contributed by atoms with Crippen LogP contribution in [-0.2, 0) is 32.6 Å². The Morgan fingerprint density at radius 2 is 1.95 bits per heavy atom. The van der Waals surface area contributed by atoms with Crippen LogP contribution in [-0.4, -0.2) is 33.4 Å². The molecule has 4 rings (SSSR count). The Hall–Kier alpha value is -1.78. The van der Waals surface area contributed by atoms with Crippen molar-refractivity contribution in [1.29, 1.82) is 0 Å². The van der Waals surface area contributed by atoms with Gasteiger partial charge in [0.15, 0.2) is 0 Å². The molecule has 0 unspecified atom stereocenters. The molecule has 2 aliphatic heterocycles. The van der Waals surface area contributed by atoms with E-state index in [4.69, 9.17) is 4.98 Å². The lowest BCUT2D eigenvalue weighted by Crippen LogP contribution is -2.30. The lowest BCUT2D eigenvalue weighted by atomic mass is 10.1. The lowest BCUT2D eigenvalue weighted by molar-refractivity contribution is 0.240. The van der Waals surface area contributed by atoms with E-state index < -0.39 is 0 Å². The molecular formula is C17H20N4. The monoisotopic (exact) mass is 280 g/mol. The number of aromatic nitrogens is 2. The SMILES string of the molecule is CN1Cc2ccc(CN3CCc4ncccc4C3)nc2C1. The maximum Gasteiger partial charge on any atom is 0.0592 e. The number of pyridine rings is 2. The van der Waals surface area contributed by atoms with Crippen molar-refractivity contribution in [3.8, 4) is 0 Å². The summed E-state index contributed by atoms with van der Waals surface area (Å²) in [4.78, 5) is 14.1. The first kappa shape index (κ1) is 12.9. The van der Waals surface area contributed by atoms with Crippen LogP contribution in [0.2, 0.25) is 0 Å². The molecule has 0 fully saturated rings. The van der Waals surface area contributed by atoms with E-state index in [2.05, 4.69) is 40.0 Å². The summed E-state index contributed by atoms with van der Waals surface area (Å²) >= 11 is 0. The first-order valence-corrected chi connectivity index (χ1v) is 7.59. The number of rotatable bonds is 2. The predicted octanol–water partition coefficient (Wildman–Crippen LogP) is 1.98. The zero-order chi connectivity index (χ0) is 14.2. The molecule has 0 atom stereocenters. The van der Waals surface area contributed by atoms with Crippen molar-refractivity contribution in [3.05, 3.63) is 58.7 Å². The molecule has 0 radical (unpaired) electrons. The van der Waals surface area contributed by atoms with Gasteiger partial charge in [0.25, 0.3) is 0 Å². The molecule has 2 aromatic rings. The molecule has 0 aromatic carbocycles. The fraction of sp³-hybridized carbons (Fsp3) is 0.412. The molecule has 0 N–H and O–H groups in total. The van der Waals surface area contributed by atoms with Gasteiger partial charge in [-0.1, -0.05) is 12.1 Å². The van der Waals surface area contributed by atoms with Crippen molar-refractivity contribution >= 4 is 0 Å². The van der Waals surface area contributed by atoms with Crippen molar-refractivity contribution in [2.75, 3.05) is 13.6 Å². The molecule has 0 saturated carbocycles. The van der Waals surface area contributed by atoms with Crippen molar-refractivity contribution in [2.24, 2.45) is 0 Å². The second-order valence-corrected chi connectivity index (χ2v) is 6.15. The Labute approximate surface area is 125 Å². The maximum atomic E-state index is 4.85. The first-order chi connectivity index (χ1) is 10.3. The van der Waals surface area contributed by atoms with Crippen LogP contribution < -0.4 is 0 Å². The summed E-state index contributed by atoms with van der Waals surface area (Å²) in [6.07, 6.45) is 2.94.